The number of hydrogen-bond acceptors (Lipinski definition) is 2. The quantitative estimate of drug-likeness (QED) is 0.556. The van der Waals surface area contributed by atoms with Gasteiger partial charge in [-0.1, -0.05) is 6.92 Å². The van der Waals surface area contributed by atoms with Gasteiger partial charge in [0.2, 0.25) is 0 Å². The Labute approximate surface area is 63.3 Å². The van der Waals surface area contributed by atoms with E-state index in [4.69, 9.17) is 0 Å². The normalized spacial score (nSPS) is 24.3. The third-order valence-electron chi connectivity index (χ3n) is 1.51. The molecule has 0 fully saturated rings. The average Bonchev–Trinajstić information content (AvgIpc) is 2.22. The Balaban J connectivity index is 2.39. The molecule has 1 atom stereocenters. The molecule has 0 N–H and O–H groups in total. The Kier molecular flexibility index (Phi) is 1.31. The van der Waals surface area contributed by atoms with Crippen LogP contribution in [0.4, 0.5) is 0 Å². The molecule has 0 amide bonds. The molecule has 0 bridgehead atoms. The van der Waals surface area contributed by atoms with Gasteiger partial charge in [-0.2, -0.15) is 0 Å². The number of thiophene rings is 1. The molecule has 2 heteroatoms. The standard InChI is InChI=1S/C7H8S2/c1-5-4-7-6(9-5)2-3-8-7/h2-3,5H,4H2,1H3. The van der Waals surface area contributed by atoms with Crippen LogP contribution in [-0.2, 0) is 6.42 Å². The van der Waals surface area contributed by atoms with Crippen molar-refractivity contribution in [2.45, 2.75) is 23.5 Å². The lowest BCUT2D eigenvalue weighted by Crippen LogP contribution is -1.89. The molecule has 1 aromatic rings. The fraction of sp³-hybridized carbons (Fsp3) is 0.429. The molecule has 0 saturated heterocycles. The van der Waals surface area contributed by atoms with Gasteiger partial charge in [-0.05, 0) is 17.9 Å². The van der Waals surface area contributed by atoms with E-state index >= 15 is 0 Å². The highest BCUT2D eigenvalue weighted by Gasteiger charge is 2.18. The first-order chi connectivity index (χ1) is 4.36. The summed E-state index contributed by atoms with van der Waals surface area (Å²) < 4.78 is 0. The fourth-order valence-corrected chi connectivity index (χ4v) is 3.53. The Hall–Kier alpha value is 0.0500. The molecule has 48 valence electrons. The molecular weight excluding hydrogens is 148 g/mol. The van der Waals surface area contributed by atoms with Gasteiger partial charge in [0.15, 0.2) is 0 Å². The van der Waals surface area contributed by atoms with Crippen molar-refractivity contribution >= 4 is 23.1 Å². The van der Waals surface area contributed by atoms with Crippen molar-refractivity contribution in [2.75, 3.05) is 0 Å². The van der Waals surface area contributed by atoms with Crippen molar-refractivity contribution in [3.8, 4) is 0 Å². The summed E-state index contributed by atoms with van der Waals surface area (Å²) in [4.78, 5) is 3.11. The zero-order valence-electron chi connectivity index (χ0n) is 5.26. The highest BCUT2D eigenvalue weighted by Crippen LogP contribution is 2.39. The largest absolute Gasteiger partial charge is 0.148 e. The second-order valence-electron chi connectivity index (χ2n) is 2.34. The molecule has 0 radical (unpaired) electrons. The highest BCUT2D eigenvalue weighted by atomic mass is 32.2. The Morgan fingerprint density at radius 2 is 2.56 bits per heavy atom. The van der Waals surface area contributed by atoms with E-state index in [2.05, 4.69) is 18.4 Å². The monoisotopic (exact) mass is 156 g/mol. The summed E-state index contributed by atoms with van der Waals surface area (Å²) >= 11 is 3.90. The average molecular weight is 156 g/mol. The lowest BCUT2D eigenvalue weighted by atomic mass is 10.3. The fourth-order valence-electron chi connectivity index (χ4n) is 1.10. The molecule has 1 aliphatic rings. The van der Waals surface area contributed by atoms with Crippen molar-refractivity contribution in [3.63, 3.8) is 0 Å². The molecule has 0 aliphatic carbocycles. The molecule has 1 aliphatic heterocycles. The Morgan fingerprint density at radius 1 is 1.67 bits per heavy atom. The first-order valence-corrected chi connectivity index (χ1v) is 4.85. The topological polar surface area (TPSA) is 0 Å². The van der Waals surface area contributed by atoms with E-state index in [0.717, 1.165) is 5.25 Å². The molecule has 0 aromatic carbocycles. The van der Waals surface area contributed by atoms with Gasteiger partial charge in [0, 0.05) is 15.0 Å². The zero-order chi connectivity index (χ0) is 6.27. The molecule has 0 nitrogen and oxygen atoms in total. The molecule has 1 aromatic heterocycles. The van der Waals surface area contributed by atoms with E-state index in [1.165, 1.54) is 11.3 Å². The van der Waals surface area contributed by atoms with Crippen LogP contribution in [0.25, 0.3) is 0 Å². The zero-order valence-corrected chi connectivity index (χ0v) is 6.89. The minimum atomic E-state index is 0.826. The van der Waals surface area contributed by atoms with Gasteiger partial charge in [-0.15, -0.1) is 23.1 Å². The van der Waals surface area contributed by atoms with Crippen LogP contribution in [0.1, 0.15) is 11.8 Å². The van der Waals surface area contributed by atoms with Crippen molar-refractivity contribution in [1.29, 1.82) is 0 Å². The minimum absolute atomic E-state index is 0.826. The molecule has 9 heavy (non-hydrogen) atoms. The van der Waals surface area contributed by atoms with Crippen molar-refractivity contribution < 1.29 is 0 Å². The van der Waals surface area contributed by atoms with Gasteiger partial charge in [0.1, 0.15) is 0 Å². The highest BCUT2D eigenvalue weighted by molar-refractivity contribution is 8.00. The van der Waals surface area contributed by atoms with Crippen LogP contribution in [0.2, 0.25) is 0 Å². The summed E-state index contributed by atoms with van der Waals surface area (Å²) in [6.07, 6.45) is 1.29. The Bertz CT molecular complexity index is 194. The van der Waals surface area contributed by atoms with Gasteiger partial charge in [0.25, 0.3) is 0 Å². The van der Waals surface area contributed by atoms with Gasteiger partial charge >= 0.3 is 0 Å². The maximum atomic E-state index is 2.29. The maximum absolute atomic E-state index is 2.29. The minimum Gasteiger partial charge on any atom is -0.148 e. The smallest absolute Gasteiger partial charge is 0.0214 e. The van der Waals surface area contributed by atoms with E-state index in [9.17, 15) is 0 Å². The molecule has 0 saturated carbocycles. The van der Waals surface area contributed by atoms with E-state index in [-0.39, 0.29) is 0 Å². The predicted molar refractivity (Wildman–Crippen MR) is 43.3 cm³/mol. The van der Waals surface area contributed by atoms with E-state index in [1.54, 1.807) is 4.88 Å². The van der Waals surface area contributed by atoms with E-state index < -0.39 is 0 Å². The summed E-state index contributed by atoms with van der Waals surface area (Å²) in [7, 11) is 0. The Morgan fingerprint density at radius 3 is 3.33 bits per heavy atom. The second-order valence-corrected chi connectivity index (χ2v) is 4.82. The summed E-state index contributed by atoms with van der Waals surface area (Å²) in [5.74, 6) is 0. The van der Waals surface area contributed by atoms with Crippen LogP contribution in [0, 0.1) is 0 Å². The molecule has 1 unspecified atom stereocenters. The van der Waals surface area contributed by atoms with Gasteiger partial charge in [0.05, 0.1) is 0 Å². The van der Waals surface area contributed by atoms with E-state index in [1.807, 2.05) is 23.1 Å². The van der Waals surface area contributed by atoms with Crippen LogP contribution in [0.15, 0.2) is 16.3 Å². The van der Waals surface area contributed by atoms with Crippen LogP contribution in [0.3, 0.4) is 0 Å². The van der Waals surface area contributed by atoms with Gasteiger partial charge < -0.3 is 0 Å². The maximum Gasteiger partial charge on any atom is 0.0214 e. The van der Waals surface area contributed by atoms with Crippen LogP contribution in [-0.4, -0.2) is 5.25 Å². The molecule has 0 spiro atoms. The summed E-state index contributed by atoms with van der Waals surface area (Å²) in [6, 6.07) is 2.23. The van der Waals surface area contributed by atoms with E-state index in [0.29, 0.717) is 0 Å². The number of rotatable bonds is 0. The molecular formula is C7H8S2. The lowest BCUT2D eigenvalue weighted by molar-refractivity contribution is 0.981. The van der Waals surface area contributed by atoms with Crippen LogP contribution < -0.4 is 0 Å². The third kappa shape index (κ3) is 0.904. The van der Waals surface area contributed by atoms with Gasteiger partial charge in [-0.3, -0.25) is 0 Å². The number of hydrogen-bond donors (Lipinski definition) is 0. The lowest BCUT2D eigenvalue weighted by Gasteiger charge is -1.93. The van der Waals surface area contributed by atoms with Gasteiger partial charge in [-0.25, -0.2) is 0 Å². The van der Waals surface area contributed by atoms with Crippen LogP contribution in [0.5, 0.6) is 0 Å². The first kappa shape index (κ1) is 5.81. The SMILES string of the molecule is CC1Cc2sccc2S1. The third-order valence-corrected chi connectivity index (χ3v) is 3.78. The summed E-state index contributed by atoms with van der Waals surface area (Å²) in [5, 5.41) is 3.01. The number of fused-ring (bicyclic) bond motifs is 1. The molecule has 2 rings (SSSR count). The van der Waals surface area contributed by atoms with Crippen molar-refractivity contribution in [3.05, 3.63) is 16.3 Å². The molecule has 2 heterocycles. The first-order valence-electron chi connectivity index (χ1n) is 3.09. The summed E-state index contributed by atoms with van der Waals surface area (Å²) in [6.45, 7) is 2.29. The van der Waals surface area contributed by atoms with Crippen molar-refractivity contribution in [2.24, 2.45) is 0 Å². The summed E-state index contributed by atoms with van der Waals surface area (Å²) in [5.41, 5.74) is 0. The van der Waals surface area contributed by atoms with Crippen molar-refractivity contribution in [1.82, 2.24) is 0 Å². The second kappa shape index (κ2) is 2.03. The predicted octanol–water partition coefficient (Wildman–Crippen LogP) is 2.78. The van der Waals surface area contributed by atoms with Crippen LogP contribution >= 0.6 is 23.1 Å². The number of thioether (sulfide) groups is 1.